The normalized spacial score (nSPS) is 21.5. The van der Waals surface area contributed by atoms with Gasteiger partial charge in [0.1, 0.15) is 0 Å². The van der Waals surface area contributed by atoms with Crippen LogP contribution in [-0.2, 0) is 0 Å². The maximum absolute atomic E-state index is 9.00. The first-order valence-electron chi connectivity index (χ1n) is 4.62. The molecule has 1 aliphatic rings. The second kappa shape index (κ2) is 3.77. The number of aliphatic hydroxyl groups excluding tert-OH is 1. The van der Waals surface area contributed by atoms with Crippen molar-refractivity contribution in [3.8, 4) is 0 Å². The molecule has 2 atom stereocenters. The summed E-state index contributed by atoms with van der Waals surface area (Å²) in [5.74, 6) is 0.161. The zero-order chi connectivity index (χ0) is 10.1. The first-order valence-corrected chi connectivity index (χ1v) is 5.00. The highest BCUT2D eigenvalue weighted by Gasteiger charge is 2.28. The molecule has 0 saturated carbocycles. The predicted octanol–water partition coefficient (Wildman–Crippen LogP) is 1.17. The lowest BCUT2D eigenvalue weighted by molar-refractivity contribution is 0.252. The Bertz CT molecular complexity index is 343. The van der Waals surface area contributed by atoms with Gasteiger partial charge in [0.25, 0.3) is 0 Å². The van der Waals surface area contributed by atoms with Gasteiger partial charge in [0.15, 0.2) is 0 Å². The monoisotopic (exact) mass is 212 g/mol. The van der Waals surface area contributed by atoms with Crippen LogP contribution in [0, 0.1) is 0 Å². The van der Waals surface area contributed by atoms with Crippen LogP contribution in [0.4, 0.5) is 5.69 Å². The molecule has 3 nitrogen and oxygen atoms in total. The number of nitrogens with one attached hydrogen (secondary N) is 1. The van der Waals surface area contributed by atoms with Crippen molar-refractivity contribution in [3.05, 3.63) is 28.8 Å². The number of para-hydroxylation sites is 1. The van der Waals surface area contributed by atoms with E-state index < -0.39 is 0 Å². The number of nitrogens with two attached hydrogens (primary N) is 1. The molecule has 4 heteroatoms. The van der Waals surface area contributed by atoms with Crippen molar-refractivity contribution in [3.63, 3.8) is 0 Å². The summed E-state index contributed by atoms with van der Waals surface area (Å²) < 4.78 is 0. The van der Waals surface area contributed by atoms with Gasteiger partial charge in [-0.05, 0) is 11.6 Å². The van der Waals surface area contributed by atoms with Crippen molar-refractivity contribution in [1.29, 1.82) is 0 Å². The van der Waals surface area contributed by atoms with E-state index in [9.17, 15) is 0 Å². The lowest BCUT2D eigenvalue weighted by Crippen LogP contribution is -2.33. The maximum atomic E-state index is 9.00. The Kier molecular flexibility index (Phi) is 2.63. The number of aliphatic hydroxyl groups is 1. The van der Waals surface area contributed by atoms with Crippen LogP contribution in [0.25, 0.3) is 0 Å². The second-order valence-corrected chi connectivity index (χ2v) is 3.95. The molecule has 76 valence electrons. The van der Waals surface area contributed by atoms with Gasteiger partial charge in [0, 0.05) is 18.5 Å². The predicted molar refractivity (Wildman–Crippen MR) is 57.7 cm³/mol. The summed E-state index contributed by atoms with van der Waals surface area (Å²) in [6.07, 6.45) is 0. The summed E-state index contributed by atoms with van der Waals surface area (Å²) in [5, 5.41) is 12.9. The van der Waals surface area contributed by atoms with E-state index in [0.29, 0.717) is 0 Å². The summed E-state index contributed by atoms with van der Waals surface area (Å²) in [5.41, 5.74) is 7.88. The first kappa shape index (κ1) is 9.77. The second-order valence-electron chi connectivity index (χ2n) is 3.54. The maximum Gasteiger partial charge on any atom is 0.0640 e. The van der Waals surface area contributed by atoms with Crippen LogP contribution < -0.4 is 11.1 Å². The number of fused-ring (bicyclic) bond motifs is 1. The minimum absolute atomic E-state index is 0.00169. The zero-order valence-corrected chi connectivity index (χ0v) is 8.46. The Labute approximate surface area is 87.9 Å². The van der Waals surface area contributed by atoms with E-state index in [1.165, 1.54) is 0 Å². The van der Waals surface area contributed by atoms with Gasteiger partial charge in [-0.25, -0.2) is 0 Å². The van der Waals surface area contributed by atoms with Crippen LogP contribution >= 0.6 is 11.6 Å². The third-order valence-electron chi connectivity index (χ3n) is 2.67. The van der Waals surface area contributed by atoms with Gasteiger partial charge in [-0.1, -0.05) is 23.7 Å². The molecule has 0 bridgehead atoms. The van der Waals surface area contributed by atoms with Gasteiger partial charge in [0.05, 0.1) is 17.3 Å². The lowest BCUT2D eigenvalue weighted by atomic mass is 9.94. The Balaban J connectivity index is 2.35. The number of anilines is 1. The van der Waals surface area contributed by atoms with Crippen LogP contribution in [-0.4, -0.2) is 24.3 Å². The number of rotatable bonds is 2. The average Bonchev–Trinajstić information content (AvgIpc) is 2.62. The molecule has 0 radical (unpaired) electrons. The topological polar surface area (TPSA) is 58.3 Å². The largest absolute Gasteiger partial charge is 0.395 e. The van der Waals surface area contributed by atoms with E-state index in [1.807, 2.05) is 18.2 Å². The van der Waals surface area contributed by atoms with Gasteiger partial charge < -0.3 is 16.2 Å². The van der Waals surface area contributed by atoms with E-state index in [4.69, 9.17) is 22.4 Å². The van der Waals surface area contributed by atoms with E-state index in [-0.39, 0.29) is 18.6 Å². The Morgan fingerprint density at radius 2 is 2.43 bits per heavy atom. The SMILES string of the molecule is NC(CO)C1CNc2c(Cl)cccc21. The van der Waals surface area contributed by atoms with Gasteiger partial charge in [0.2, 0.25) is 0 Å². The molecule has 1 aromatic rings. The molecule has 1 aliphatic heterocycles. The van der Waals surface area contributed by atoms with Crippen LogP contribution in [0.5, 0.6) is 0 Å². The highest BCUT2D eigenvalue weighted by Crippen LogP contribution is 2.37. The third kappa shape index (κ3) is 1.47. The summed E-state index contributed by atoms with van der Waals surface area (Å²) in [4.78, 5) is 0. The van der Waals surface area contributed by atoms with Gasteiger partial charge in [-0.2, -0.15) is 0 Å². The first-order chi connectivity index (χ1) is 6.74. The highest BCUT2D eigenvalue weighted by molar-refractivity contribution is 6.33. The minimum atomic E-state index is -0.220. The van der Waals surface area contributed by atoms with E-state index in [1.54, 1.807) is 0 Å². The molecule has 4 N–H and O–H groups in total. The summed E-state index contributed by atoms with van der Waals surface area (Å²) in [7, 11) is 0. The minimum Gasteiger partial charge on any atom is -0.395 e. The lowest BCUT2D eigenvalue weighted by Gasteiger charge is -2.16. The fourth-order valence-electron chi connectivity index (χ4n) is 1.87. The van der Waals surface area contributed by atoms with Gasteiger partial charge in [-0.15, -0.1) is 0 Å². The van der Waals surface area contributed by atoms with Crippen LogP contribution in [0.3, 0.4) is 0 Å². The van der Waals surface area contributed by atoms with Crippen molar-refractivity contribution in [2.75, 3.05) is 18.5 Å². The molecule has 0 saturated heterocycles. The van der Waals surface area contributed by atoms with Crippen molar-refractivity contribution in [2.45, 2.75) is 12.0 Å². The number of hydrogen-bond donors (Lipinski definition) is 3. The Morgan fingerprint density at radius 3 is 3.14 bits per heavy atom. The molecular weight excluding hydrogens is 200 g/mol. The molecule has 0 aliphatic carbocycles. The fraction of sp³-hybridized carbons (Fsp3) is 0.400. The van der Waals surface area contributed by atoms with Crippen molar-refractivity contribution in [1.82, 2.24) is 0 Å². The number of halogens is 1. The van der Waals surface area contributed by atoms with Gasteiger partial charge in [-0.3, -0.25) is 0 Å². The molecule has 1 aromatic carbocycles. The van der Waals surface area contributed by atoms with Crippen molar-refractivity contribution in [2.24, 2.45) is 5.73 Å². The molecule has 1 heterocycles. The summed E-state index contributed by atoms with van der Waals surface area (Å²) in [6, 6.07) is 5.54. The highest BCUT2D eigenvalue weighted by atomic mass is 35.5. The fourth-order valence-corrected chi connectivity index (χ4v) is 2.12. The zero-order valence-electron chi connectivity index (χ0n) is 7.70. The molecule has 0 aromatic heterocycles. The van der Waals surface area contributed by atoms with E-state index >= 15 is 0 Å². The summed E-state index contributed by atoms with van der Waals surface area (Å²) >= 11 is 6.02. The molecule has 2 rings (SSSR count). The molecule has 0 amide bonds. The number of hydrogen-bond acceptors (Lipinski definition) is 3. The smallest absolute Gasteiger partial charge is 0.0640 e. The summed E-state index contributed by atoms with van der Waals surface area (Å²) in [6.45, 7) is 0.749. The molecule has 14 heavy (non-hydrogen) atoms. The number of benzene rings is 1. The van der Waals surface area contributed by atoms with Crippen molar-refractivity contribution < 1.29 is 5.11 Å². The molecular formula is C10H13ClN2O. The average molecular weight is 213 g/mol. The Hall–Kier alpha value is -0.770. The van der Waals surface area contributed by atoms with Crippen molar-refractivity contribution >= 4 is 17.3 Å². The molecule has 2 unspecified atom stereocenters. The third-order valence-corrected chi connectivity index (χ3v) is 2.99. The van der Waals surface area contributed by atoms with Crippen LogP contribution in [0.2, 0.25) is 5.02 Å². The Morgan fingerprint density at radius 1 is 1.64 bits per heavy atom. The van der Waals surface area contributed by atoms with E-state index in [2.05, 4.69) is 5.32 Å². The van der Waals surface area contributed by atoms with Crippen LogP contribution in [0.15, 0.2) is 18.2 Å². The van der Waals surface area contributed by atoms with Crippen LogP contribution in [0.1, 0.15) is 11.5 Å². The standard InChI is InChI=1S/C10H13ClN2O/c11-8-3-1-2-6-7(9(12)5-14)4-13-10(6)8/h1-3,7,9,13-14H,4-5,12H2. The van der Waals surface area contributed by atoms with E-state index in [0.717, 1.165) is 22.8 Å². The molecule has 0 fully saturated rings. The molecule has 0 spiro atoms. The quantitative estimate of drug-likeness (QED) is 0.690. The van der Waals surface area contributed by atoms with Gasteiger partial charge >= 0.3 is 0 Å².